The second-order valence-corrected chi connectivity index (χ2v) is 11.6. The van der Waals surface area contributed by atoms with Gasteiger partial charge in [-0.3, -0.25) is 14.4 Å². The highest BCUT2D eigenvalue weighted by atomic mass is 16.6. The first-order chi connectivity index (χ1) is 17.4. The molecule has 5 rings (SSSR count). The topological polar surface area (TPSA) is 109 Å². The molecule has 0 aromatic carbocycles. The molecule has 8 nitrogen and oxygen atoms in total. The minimum atomic E-state index is -1.21. The van der Waals surface area contributed by atoms with Crippen LogP contribution in [0.4, 0.5) is 0 Å². The number of hydrogen-bond acceptors (Lipinski definition) is 8. The normalized spacial score (nSPS) is 42.2. The lowest BCUT2D eigenvalue weighted by Gasteiger charge is -2.62. The van der Waals surface area contributed by atoms with Gasteiger partial charge in [0.05, 0.1) is 32.2 Å². The average molecular weight is 511 g/mol. The van der Waals surface area contributed by atoms with Gasteiger partial charge in [-0.2, -0.15) is 0 Å². The monoisotopic (exact) mass is 510 g/mol. The molecule has 2 heterocycles. The second-order valence-electron chi connectivity index (χ2n) is 11.6. The summed E-state index contributed by atoms with van der Waals surface area (Å²) in [6.45, 7) is 8.96. The van der Waals surface area contributed by atoms with Gasteiger partial charge >= 0.3 is 11.9 Å². The van der Waals surface area contributed by atoms with E-state index in [9.17, 15) is 19.2 Å². The van der Waals surface area contributed by atoms with Crippen LogP contribution in [0.3, 0.4) is 0 Å². The van der Waals surface area contributed by atoms with Gasteiger partial charge < -0.3 is 23.4 Å². The van der Waals surface area contributed by atoms with Crippen molar-refractivity contribution in [2.24, 2.45) is 28.1 Å². The molecule has 1 saturated heterocycles. The van der Waals surface area contributed by atoms with Crippen molar-refractivity contribution in [2.45, 2.75) is 71.7 Å². The molecule has 2 unspecified atom stereocenters. The van der Waals surface area contributed by atoms with Crippen LogP contribution in [0.2, 0.25) is 0 Å². The van der Waals surface area contributed by atoms with E-state index in [1.807, 2.05) is 19.9 Å². The summed E-state index contributed by atoms with van der Waals surface area (Å²) in [7, 11) is 1.33. The van der Waals surface area contributed by atoms with Crippen molar-refractivity contribution in [1.29, 1.82) is 0 Å². The molecular formula is C29H34O8. The van der Waals surface area contributed by atoms with Crippen LogP contribution < -0.4 is 0 Å². The molecule has 37 heavy (non-hydrogen) atoms. The largest absolute Gasteiger partial charge is 0.472 e. The Morgan fingerprint density at radius 3 is 2.54 bits per heavy atom. The molecule has 0 bridgehead atoms. The highest BCUT2D eigenvalue weighted by Gasteiger charge is 2.74. The zero-order valence-corrected chi connectivity index (χ0v) is 22.1. The maximum absolute atomic E-state index is 13.9. The quantitative estimate of drug-likeness (QED) is 0.333. The summed E-state index contributed by atoms with van der Waals surface area (Å²) in [5.74, 6) is -2.39. The third kappa shape index (κ3) is 3.37. The van der Waals surface area contributed by atoms with Gasteiger partial charge in [0.15, 0.2) is 5.78 Å². The first-order valence-corrected chi connectivity index (χ1v) is 12.8. The molecule has 0 radical (unpaired) electrons. The van der Waals surface area contributed by atoms with Crippen molar-refractivity contribution in [3.63, 3.8) is 0 Å². The minimum Gasteiger partial charge on any atom is -0.472 e. The Kier molecular flexibility index (Phi) is 5.90. The Labute approximate surface area is 216 Å². The molecule has 0 amide bonds. The molecule has 8 heteroatoms. The standard InChI is InChI=1S/C29H34O8/c1-15-18(17-8-10-35-13-17)11-19-23(15)29(5)20(12-22(33)34-6)28(4)21(32)7-9-27(3,14-30)25(28)24(26(29)37-19)36-16(2)31/h7-10,13-14,18-20,24-26H,11-12H2,1-6H3/t18-,19?,20-,24-,25?,26-,27+,28+,29-/m1/s1. The number of methoxy groups -OCH3 is 1. The van der Waals surface area contributed by atoms with E-state index >= 15 is 0 Å². The highest BCUT2D eigenvalue weighted by molar-refractivity contribution is 5.98. The Hall–Kier alpha value is -3.00. The maximum Gasteiger partial charge on any atom is 0.305 e. The van der Waals surface area contributed by atoms with Crippen molar-refractivity contribution >= 4 is 24.0 Å². The fourth-order valence-electron chi connectivity index (χ4n) is 8.31. The number of furan rings is 1. The summed E-state index contributed by atoms with van der Waals surface area (Å²) in [5, 5.41) is 0. The zero-order chi connectivity index (χ0) is 26.9. The van der Waals surface area contributed by atoms with E-state index in [4.69, 9.17) is 18.6 Å². The van der Waals surface area contributed by atoms with E-state index in [0.717, 1.165) is 23.0 Å². The summed E-state index contributed by atoms with van der Waals surface area (Å²) in [6.07, 6.45) is 6.04. The molecule has 1 aliphatic heterocycles. The van der Waals surface area contributed by atoms with E-state index in [-0.39, 0.29) is 24.2 Å². The van der Waals surface area contributed by atoms with Gasteiger partial charge in [-0.1, -0.05) is 25.5 Å². The van der Waals surface area contributed by atoms with Crippen LogP contribution in [0.15, 0.2) is 46.3 Å². The van der Waals surface area contributed by atoms with Crippen molar-refractivity contribution in [2.75, 3.05) is 7.11 Å². The van der Waals surface area contributed by atoms with Crippen molar-refractivity contribution in [3.05, 3.63) is 47.5 Å². The van der Waals surface area contributed by atoms with E-state index in [2.05, 4.69) is 6.92 Å². The van der Waals surface area contributed by atoms with Crippen LogP contribution >= 0.6 is 0 Å². The number of ketones is 1. The lowest BCUT2D eigenvalue weighted by atomic mass is 9.41. The van der Waals surface area contributed by atoms with Crippen molar-refractivity contribution in [1.82, 2.24) is 0 Å². The van der Waals surface area contributed by atoms with E-state index < -0.39 is 52.2 Å². The second kappa shape index (κ2) is 8.51. The molecule has 3 aliphatic carbocycles. The van der Waals surface area contributed by atoms with Gasteiger partial charge in [-0.25, -0.2) is 0 Å². The Morgan fingerprint density at radius 2 is 1.95 bits per heavy atom. The summed E-state index contributed by atoms with van der Waals surface area (Å²) in [5.41, 5.74) is 0.0221. The fraction of sp³-hybridized carbons (Fsp3) is 0.586. The fourth-order valence-corrected chi connectivity index (χ4v) is 8.31. The average Bonchev–Trinajstić information content (AvgIpc) is 3.56. The summed E-state index contributed by atoms with van der Waals surface area (Å²) in [6, 6.07) is 1.94. The summed E-state index contributed by atoms with van der Waals surface area (Å²) in [4.78, 5) is 51.7. The van der Waals surface area contributed by atoms with E-state index in [1.165, 1.54) is 20.1 Å². The van der Waals surface area contributed by atoms with Crippen LogP contribution in [0.1, 0.15) is 58.9 Å². The van der Waals surface area contributed by atoms with Crippen LogP contribution in [0.25, 0.3) is 0 Å². The van der Waals surface area contributed by atoms with Crippen molar-refractivity contribution in [3.8, 4) is 0 Å². The third-order valence-corrected chi connectivity index (χ3v) is 9.82. The lowest BCUT2D eigenvalue weighted by Crippen LogP contribution is -2.69. The van der Waals surface area contributed by atoms with Crippen LogP contribution in [-0.2, 0) is 33.4 Å². The van der Waals surface area contributed by atoms with E-state index in [0.29, 0.717) is 6.42 Å². The van der Waals surface area contributed by atoms with Crippen LogP contribution in [0, 0.1) is 28.1 Å². The van der Waals surface area contributed by atoms with Gasteiger partial charge in [-0.15, -0.1) is 0 Å². The smallest absolute Gasteiger partial charge is 0.305 e. The Balaban J connectivity index is 1.77. The molecule has 2 fully saturated rings. The number of allylic oxidation sites excluding steroid dienone is 3. The molecule has 0 spiro atoms. The number of rotatable bonds is 5. The van der Waals surface area contributed by atoms with Gasteiger partial charge in [-0.05, 0) is 49.5 Å². The third-order valence-electron chi connectivity index (χ3n) is 9.82. The first kappa shape index (κ1) is 25.6. The number of carbonyl (C=O) groups is 4. The Bertz CT molecular complexity index is 1210. The first-order valence-electron chi connectivity index (χ1n) is 12.8. The number of esters is 2. The van der Waals surface area contributed by atoms with Gasteiger partial charge in [0.1, 0.15) is 18.5 Å². The maximum atomic E-state index is 13.9. The molecule has 4 aliphatic rings. The molecular weight excluding hydrogens is 476 g/mol. The van der Waals surface area contributed by atoms with E-state index in [1.54, 1.807) is 25.5 Å². The molecule has 1 aromatic rings. The minimum absolute atomic E-state index is 0.0406. The SMILES string of the molecule is COC(=O)C[C@H]1[C@]2(C)C3=C(C)[C@H](c4ccoc4)CC3O[C@@H]2[C@H](OC(C)=O)C2[C@](C)(C=O)C=CC(=O)[C@@]21C. The molecule has 198 valence electrons. The van der Waals surface area contributed by atoms with Crippen molar-refractivity contribution < 1.29 is 37.8 Å². The van der Waals surface area contributed by atoms with Gasteiger partial charge in [0, 0.05) is 35.0 Å². The van der Waals surface area contributed by atoms with Gasteiger partial charge in [0.25, 0.3) is 0 Å². The lowest BCUT2D eigenvalue weighted by molar-refractivity contribution is -0.221. The molecule has 0 N–H and O–H groups in total. The molecule has 9 atom stereocenters. The van der Waals surface area contributed by atoms with Gasteiger partial charge in [0.2, 0.25) is 0 Å². The van der Waals surface area contributed by atoms with Crippen LogP contribution in [-0.4, -0.2) is 49.4 Å². The number of fused-ring (bicyclic) bond motifs is 4. The molecule has 1 aromatic heterocycles. The zero-order valence-electron chi connectivity index (χ0n) is 22.1. The number of carbonyl (C=O) groups excluding carboxylic acids is 4. The Morgan fingerprint density at radius 1 is 1.22 bits per heavy atom. The number of aldehydes is 1. The number of hydrogen-bond donors (Lipinski definition) is 0. The summed E-state index contributed by atoms with van der Waals surface area (Å²) >= 11 is 0. The molecule has 1 saturated carbocycles. The highest BCUT2D eigenvalue weighted by Crippen LogP contribution is 2.70. The van der Waals surface area contributed by atoms with Crippen LogP contribution in [0.5, 0.6) is 0 Å². The summed E-state index contributed by atoms with van der Waals surface area (Å²) < 4.78 is 23.2. The predicted molar refractivity (Wildman–Crippen MR) is 131 cm³/mol. The predicted octanol–water partition coefficient (Wildman–Crippen LogP) is 3.95. The number of ether oxygens (including phenoxy) is 3.